The molecule has 3 aliphatic rings. The van der Waals surface area contributed by atoms with Crippen molar-refractivity contribution in [3.8, 4) is 5.88 Å². The minimum atomic E-state index is -3.50. The van der Waals surface area contributed by atoms with Crippen LogP contribution in [0.3, 0.4) is 0 Å². The molecule has 2 aliphatic carbocycles. The van der Waals surface area contributed by atoms with Crippen molar-refractivity contribution >= 4 is 21.6 Å². The van der Waals surface area contributed by atoms with E-state index in [0.29, 0.717) is 13.2 Å². The molecule has 0 saturated carbocycles. The fourth-order valence-electron chi connectivity index (χ4n) is 3.92. The molecule has 0 saturated heterocycles. The number of urea groups is 1. The molecule has 2 aromatic rings. The van der Waals surface area contributed by atoms with Crippen molar-refractivity contribution < 1.29 is 18.5 Å². The van der Waals surface area contributed by atoms with Crippen LogP contribution in [-0.4, -0.2) is 39.8 Å². The van der Waals surface area contributed by atoms with E-state index >= 15 is 0 Å². The number of carbonyl (C=O) groups excluding carboxylic acids is 1. The van der Waals surface area contributed by atoms with Crippen molar-refractivity contribution in [2.24, 2.45) is 9.50 Å². The SMILES string of the molecule is CO[C@@H]1COc2c([S@@](N)(=O)=NC(=O)Nc3c4c(cc5c3CC5)CC4)cnn2C1. The van der Waals surface area contributed by atoms with Gasteiger partial charge in [0, 0.05) is 12.8 Å². The van der Waals surface area contributed by atoms with Crippen molar-refractivity contribution in [2.75, 3.05) is 19.0 Å². The van der Waals surface area contributed by atoms with Gasteiger partial charge in [0.15, 0.2) is 9.92 Å². The standard InChI is InChI=1S/C18H21N5O4S/c1-26-12-8-23-17(27-9-12)15(7-20-23)28(19,25)22-18(24)21-16-13-4-2-10(13)6-11-3-5-14(11)16/h6-7,12H,2-5,8-9H2,1H3,(H3,19,21,22,24,25)/t12-,28-/m0/s1. The number of hydrogen-bond donors (Lipinski definition) is 2. The number of nitrogens with zero attached hydrogens (tertiary/aromatic N) is 3. The first-order valence-electron chi connectivity index (χ1n) is 9.20. The summed E-state index contributed by atoms with van der Waals surface area (Å²) in [7, 11) is -1.91. The predicted molar refractivity (Wildman–Crippen MR) is 102 cm³/mol. The van der Waals surface area contributed by atoms with Crippen LogP contribution in [0.5, 0.6) is 5.88 Å². The maximum absolute atomic E-state index is 13.0. The Morgan fingerprint density at radius 3 is 2.68 bits per heavy atom. The van der Waals surface area contributed by atoms with Gasteiger partial charge < -0.3 is 14.8 Å². The Labute approximate surface area is 162 Å². The highest BCUT2D eigenvalue weighted by molar-refractivity contribution is 7.91. The van der Waals surface area contributed by atoms with Gasteiger partial charge in [0.2, 0.25) is 5.88 Å². The van der Waals surface area contributed by atoms with E-state index in [9.17, 15) is 9.00 Å². The summed E-state index contributed by atoms with van der Waals surface area (Å²) in [6.07, 6.45) is 5.11. The van der Waals surface area contributed by atoms with Gasteiger partial charge in [-0.2, -0.15) is 5.10 Å². The molecule has 10 heteroatoms. The number of methoxy groups -OCH3 is 1. The third kappa shape index (κ3) is 2.71. The average molecular weight is 403 g/mol. The predicted octanol–water partition coefficient (Wildman–Crippen LogP) is 1.42. The Balaban J connectivity index is 1.43. The van der Waals surface area contributed by atoms with E-state index in [-0.39, 0.29) is 16.9 Å². The zero-order valence-corrected chi connectivity index (χ0v) is 16.3. The van der Waals surface area contributed by atoms with Crippen LogP contribution in [0.1, 0.15) is 22.3 Å². The number of rotatable bonds is 3. The van der Waals surface area contributed by atoms with Crippen LogP contribution in [-0.2, 0) is 46.9 Å². The number of hydrogen-bond acceptors (Lipinski definition) is 5. The van der Waals surface area contributed by atoms with Crippen molar-refractivity contribution in [3.63, 3.8) is 0 Å². The van der Waals surface area contributed by atoms with Crippen LogP contribution in [0.25, 0.3) is 0 Å². The van der Waals surface area contributed by atoms with E-state index in [2.05, 4.69) is 20.8 Å². The first-order valence-corrected chi connectivity index (χ1v) is 10.8. The van der Waals surface area contributed by atoms with Gasteiger partial charge in [0.05, 0.1) is 12.7 Å². The van der Waals surface area contributed by atoms with Crippen LogP contribution in [0.2, 0.25) is 0 Å². The van der Waals surface area contributed by atoms with E-state index in [4.69, 9.17) is 14.6 Å². The summed E-state index contributed by atoms with van der Waals surface area (Å²) >= 11 is 0. The van der Waals surface area contributed by atoms with E-state index in [0.717, 1.165) is 42.5 Å². The molecular formula is C18H21N5O4S. The zero-order chi connectivity index (χ0) is 19.5. The summed E-state index contributed by atoms with van der Waals surface area (Å²) in [5.74, 6) is 0.269. The molecule has 3 N–H and O–H groups in total. The molecule has 0 fully saturated rings. The monoisotopic (exact) mass is 403 g/mol. The van der Waals surface area contributed by atoms with Gasteiger partial charge in [0.1, 0.15) is 17.6 Å². The lowest BCUT2D eigenvalue weighted by Crippen LogP contribution is -2.32. The second kappa shape index (κ2) is 6.29. The van der Waals surface area contributed by atoms with Gasteiger partial charge in [-0.25, -0.2) is 18.8 Å². The highest BCUT2D eigenvalue weighted by Gasteiger charge is 2.30. The number of fused-ring (bicyclic) bond motifs is 3. The second-order valence-corrected chi connectivity index (χ2v) is 9.04. The van der Waals surface area contributed by atoms with Crippen molar-refractivity contribution in [1.29, 1.82) is 0 Å². The third-order valence-electron chi connectivity index (χ3n) is 5.66. The highest BCUT2D eigenvalue weighted by Crippen LogP contribution is 2.40. The molecule has 9 nitrogen and oxygen atoms in total. The van der Waals surface area contributed by atoms with Crippen LogP contribution in [0.4, 0.5) is 10.5 Å². The Morgan fingerprint density at radius 1 is 1.36 bits per heavy atom. The molecule has 5 rings (SSSR count). The number of amides is 2. The molecule has 0 bridgehead atoms. The lowest BCUT2D eigenvalue weighted by molar-refractivity contribution is 0.0165. The number of carbonyl (C=O) groups is 1. The van der Waals surface area contributed by atoms with Crippen LogP contribution in [0.15, 0.2) is 21.5 Å². The van der Waals surface area contributed by atoms with Gasteiger partial charge in [-0.1, -0.05) is 6.07 Å². The number of ether oxygens (including phenoxy) is 2. The Bertz CT molecular complexity index is 1090. The minimum absolute atomic E-state index is 0.117. The average Bonchev–Trinajstić information content (AvgIpc) is 3.02. The largest absolute Gasteiger partial charge is 0.474 e. The van der Waals surface area contributed by atoms with Gasteiger partial charge >= 0.3 is 6.03 Å². The first-order chi connectivity index (χ1) is 13.5. The minimum Gasteiger partial charge on any atom is -0.474 e. The topological polar surface area (TPSA) is 121 Å². The van der Waals surface area contributed by atoms with Gasteiger partial charge in [-0.05, 0) is 47.9 Å². The molecule has 2 heterocycles. The molecule has 0 spiro atoms. The van der Waals surface area contributed by atoms with E-state index in [1.165, 1.54) is 22.0 Å². The summed E-state index contributed by atoms with van der Waals surface area (Å²) in [5.41, 5.74) is 5.68. The Hall–Kier alpha value is -2.43. The van der Waals surface area contributed by atoms with Gasteiger partial charge in [-0.15, -0.1) is 4.36 Å². The van der Waals surface area contributed by atoms with Gasteiger partial charge in [0.25, 0.3) is 0 Å². The molecule has 2 atom stereocenters. The zero-order valence-electron chi connectivity index (χ0n) is 15.4. The van der Waals surface area contributed by atoms with Crippen LogP contribution >= 0.6 is 0 Å². The lowest BCUT2D eigenvalue weighted by Gasteiger charge is -2.31. The molecule has 148 valence electrons. The molecule has 1 aromatic heterocycles. The number of aryl methyl sites for hydroxylation is 2. The fourth-order valence-corrected chi connectivity index (χ4v) is 4.92. The Kier molecular flexibility index (Phi) is 3.97. The summed E-state index contributed by atoms with van der Waals surface area (Å²) in [6, 6.07) is 1.51. The first kappa shape index (κ1) is 17.7. The number of aromatic nitrogens is 2. The lowest BCUT2D eigenvalue weighted by atomic mass is 9.76. The van der Waals surface area contributed by atoms with E-state index < -0.39 is 15.9 Å². The Morgan fingerprint density at radius 2 is 2.07 bits per heavy atom. The fraction of sp³-hybridized carbons (Fsp3) is 0.444. The maximum Gasteiger partial charge on any atom is 0.354 e. The van der Waals surface area contributed by atoms with Crippen LogP contribution < -0.4 is 15.2 Å². The number of nitrogens with two attached hydrogens (primary N) is 1. The molecule has 28 heavy (non-hydrogen) atoms. The van der Waals surface area contributed by atoms with Crippen molar-refractivity contribution in [1.82, 2.24) is 9.78 Å². The molecule has 1 aliphatic heterocycles. The smallest absolute Gasteiger partial charge is 0.354 e. The maximum atomic E-state index is 13.0. The highest BCUT2D eigenvalue weighted by atomic mass is 32.2. The normalized spacial score (nSPS) is 21.0. The quantitative estimate of drug-likeness (QED) is 0.803. The molecule has 2 amide bonds. The molecule has 0 radical (unpaired) electrons. The van der Waals surface area contributed by atoms with E-state index in [1.54, 1.807) is 7.11 Å². The third-order valence-corrected chi connectivity index (χ3v) is 7.00. The summed E-state index contributed by atoms with van der Waals surface area (Å²) < 4.78 is 29.1. The number of benzene rings is 1. The van der Waals surface area contributed by atoms with Crippen molar-refractivity contribution in [3.05, 3.63) is 34.5 Å². The number of nitrogens with one attached hydrogen (secondary N) is 1. The summed E-state index contributed by atoms with van der Waals surface area (Å²) in [6.45, 7) is 0.745. The van der Waals surface area contributed by atoms with Crippen molar-refractivity contribution in [2.45, 2.75) is 43.2 Å². The van der Waals surface area contributed by atoms with Crippen LogP contribution in [0, 0.1) is 0 Å². The molecule has 0 unspecified atom stereocenters. The molecular weight excluding hydrogens is 382 g/mol. The summed E-state index contributed by atoms with van der Waals surface area (Å²) in [5, 5.41) is 12.9. The molecule has 1 aromatic carbocycles. The summed E-state index contributed by atoms with van der Waals surface area (Å²) in [4.78, 5) is 12.7. The second-order valence-electron chi connectivity index (χ2n) is 7.28. The van der Waals surface area contributed by atoms with Gasteiger partial charge in [-0.3, -0.25) is 0 Å². The number of anilines is 1. The van der Waals surface area contributed by atoms with E-state index in [1.807, 2.05) is 0 Å².